The van der Waals surface area contributed by atoms with Crippen LogP contribution in [0.3, 0.4) is 0 Å². The van der Waals surface area contributed by atoms with E-state index in [1.54, 1.807) is 7.11 Å². The molecule has 2 aromatic heterocycles. The summed E-state index contributed by atoms with van der Waals surface area (Å²) in [6, 6.07) is 18.1. The van der Waals surface area contributed by atoms with Gasteiger partial charge in [-0.15, -0.1) is 0 Å². The lowest BCUT2D eigenvalue weighted by molar-refractivity contribution is 0.412. The molecular formula is C22H19N3O. The van der Waals surface area contributed by atoms with Gasteiger partial charge >= 0.3 is 0 Å². The van der Waals surface area contributed by atoms with E-state index in [0.29, 0.717) is 5.82 Å². The van der Waals surface area contributed by atoms with Crippen LogP contribution >= 0.6 is 0 Å². The fourth-order valence-electron chi connectivity index (χ4n) is 3.07. The molecule has 0 unspecified atom stereocenters. The van der Waals surface area contributed by atoms with Crippen LogP contribution in [0.15, 0.2) is 60.8 Å². The standard InChI is InChI=1S/C22H19N3O/c1-14-8-10-19(22-23-13-17-6-4-5-7-18(17)25-22)24-21(14)16-9-11-20(26-3)15(2)12-16/h4-13H,1-3H3. The van der Waals surface area contributed by atoms with Gasteiger partial charge in [0.2, 0.25) is 0 Å². The van der Waals surface area contributed by atoms with Crippen LogP contribution in [0.2, 0.25) is 0 Å². The molecule has 0 N–H and O–H groups in total. The highest BCUT2D eigenvalue weighted by Gasteiger charge is 2.11. The van der Waals surface area contributed by atoms with E-state index in [-0.39, 0.29) is 0 Å². The van der Waals surface area contributed by atoms with E-state index < -0.39 is 0 Å². The van der Waals surface area contributed by atoms with Crippen molar-refractivity contribution in [2.75, 3.05) is 7.11 Å². The molecule has 0 radical (unpaired) electrons. The van der Waals surface area contributed by atoms with Crippen molar-refractivity contribution in [2.45, 2.75) is 13.8 Å². The van der Waals surface area contributed by atoms with Crippen LogP contribution in [0.25, 0.3) is 33.7 Å². The minimum absolute atomic E-state index is 0.634. The number of fused-ring (bicyclic) bond motifs is 1. The van der Waals surface area contributed by atoms with Crippen LogP contribution in [0.1, 0.15) is 11.1 Å². The monoisotopic (exact) mass is 341 g/mol. The molecule has 2 aromatic carbocycles. The summed E-state index contributed by atoms with van der Waals surface area (Å²) in [4.78, 5) is 14.0. The number of aryl methyl sites for hydroxylation is 2. The lowest BCUT2D eigenvalue weighted by atomic mass is 10.0. The minimum atomic E-state index is 0.634. The summed E-state index contributed by atoms with van der Waals surface area (Å²) in [5.74, 6) is 1.51. The highest BCUT2D eigenvalue weighted by molar-refractivity contribution is 5.79. The predicted molar refractivity (Wildman–Crippen MR) is 104 cm³/mol. The Labute approximate surface area is 152 Å². The molecule has 0 bridgehead atoms. The summed E-state index contributed by atoms with van der Waals surface area (Å²) in [7, 11) is 1.68. The van der Waals surface area contributed by atoms with E-state index in [2.05, 4.69) is 29.0 Å². The van der Waals surface area contributed by atoms with Gasteiger partial charge in [-0.1, -0.05) is 24.3 Å². The maximum absolute atomic E-state index is 5.36. The molecule has 0 aliphatic heterocycles. The van der Waals surface area contributed by atoms with Gasteiger partial charge in [0.25, 0.3) is 0 Å². The van der Waals surface area contributed by atoms with Crippen LogP contribution in [0.4, 0.5) is 0 Å². The average molecular weight is 341 g/mol. The van der Waals surface area contributed by atoms with Crippen molar-refractivity contribution in [2.24, 2.45) is 0 Å². The zero-order valence-corrected chi connectivity index (χ0v) is 15.0. The normalized spacial score (nSPS) is 10.9. The van der Waals surface area contributed by atoms with Crippen LogP contribution in [-0.4, -0.2) is 22.1 Å². The van der Waals surface area contributed by atoms with Gasteiger partial charge in [-0.05, 0) is 55.3 Å². The molecule has 0 atom stereocenters. The quantitative estimate of drug-likeness (QED) is 0.527. The predicted octanol–water partition coefficient (Wildman–Crippen LogP) is 4.98. The molecule has 26 heavy (non-hydrogen) atoms. The van der Waals surface area contributed by atoms with Gasteiger partial charge in [-0.3, -0.25) is 0 Å². The fraction of sp³-hybridized carbons (Fsp3) is 0.136. The smallest absolute Gasteiger partial charge is 0.178 e. The average Bonchev–Trinajstić information content (AvgIpc) is 2.68. The third kappa shape index (κ3) is 2.90. The molecule has 4 aromatic rings. The second-order valence-corrected chi connectivity index (χ2v) is 6.30. The van der Waals surface area contributed by atoms with Crippen molar-refractivity contribution in [3.63, 3.8) is 0 Å². The number of methoxy groups -OCH3 is 1. The lowest BCUT2D eigenvalue weighted by Gasteiger charge is -2.11. The van der Waals surface area contributed by atoms with Crippen LogP contribution < -0.4 is 4.74 Å². The maximum Gasteiger partial charge on any atom is 0.178 e. The molecule has 2 heterocycles. The number of hydrogen-bond donors (Lipinski definition) is 0. The summed E-state index contributed by atoms with van der Waals surface area (Å²) in [5, 5.41) is 1.02. The van der Waals surface area contributed by atoms with Gasteiger partial charge in [-0.2, -0.15) is 0 Å². The number of ether oxygens (including phenoxy) is 1. The molecule has 128 valence electrons. The minimum Gasteiger partial charge on any atom is -0.496 e. The molecular weight excluding hydrogens is 322 g/mol. The van der Waals surface area contributed by atoms with E-state index in [1.807, 2.05) is 55.6 Å². The van der Waals surface area contributed by atoms with Crippen molar-refractivity contribution in [3.8, 4) is 28.5 Å². The van der Waals surface area contributed by atoms with Crippen LogP contribution in [-0.2, 0) is 0 Å². The first-order valence-corrected chi connectivity index (χ1v) is 8.50. The largest absolute Gasteiger partial charge is 0.496 e. The van der Waals surface area contributed by atoms with Crippen LogP contribution in [0.5, 0.6) is 5.75 Å². The van der Waals surface area contributed by atoms with Crippen molar-refractivity contribution in [1.82, 2.24) is 15.0 Å². The number of rotatable bonds is 3. The van der Waals surface area contributed by atoms with Gasteiger partial charge in [0.15, 0.2) is 5.82 Å². The second kappa shape index (κ2) is 6.56. The van der Waals surface area contributed by atoms with Crippen LogP contribution in [0, 0.1) is 13.8 Å². The van der Waals surface area contributed by atoms with E-state index >= 15 is 0 Å². The van der Waals surface area contributed by atoms with Crippen molar-refractivity contribution >= 4 is 10.9 Å². The number of aromatic nitrogens is 3. The Bertz CT molecular complexity index is 1110. The summed E-state index contributed by atoms with van der Waals surface area (Å²) < 4.78 is 5.36. The van der Waals surface area contributed by atoms with E-state index in [4.69, 9.17) is 9.72 Å². The molecule has 4 nitrogen and oxygen atoms in total. The maximum atomic E-state index is 5.36. The lowest BCUT2D eigenvalue weighted by Crippen LogP contribution is -1.96. The molecule has 0 saturated carbocycles. The van der Waals surface area contributed by atoms with E-state index in [1.165, 1.54) is 0 Å². The van der Waals surface area contributed by atoms with Gasteiger partial charge in [-0.25, -0.2) is 15.0 Å². The molecule has 0 aliphatic rings. The Kier molecular flexibility index (Phi) is 4.09. The van der Waals surface area contributed by atoms with E-state index in [9.17, 15) is 0 Å². The topological polar surface area (TPSA) is 47.9 Å². The first-order chi connectivity index (χ1) is 12.7. The summed E-state index contributed by atoms with van der Waals surface area (Å²) in [5.41, 5.74) is 5.87. The number of nitrogens with zero attached hydrogens (tertiary/aromatic N) is 3. The molecule has 0 fully saturated rings. The zero-order valence-electron chi connectivity index (χ0n) is 15.0. The second-order valence-electron chi connectivity index (χ2n) is 6.30. The Morgan fingerprint density at radius 3 is 2.50 bits per heavy atom. The number of benzene rings is 2. The summed E-state index contributed by atoms with van der Waals surface area (Å²) in [6.07, 6.45) is 1.84. The van der Waals surface area contributed by atoms with Crippen molar-refractivity contribution in [1.29, 1.82) is 0 Å². The highest BCUT2D eigenvalue weighted by atomic mass is 16.5. The van der Waals surface area contributed by atoms with Crippen molar-refractivity contribution in [3.05, 3.63) is 71.9 Å². The van der Waals surface area contributed by atoms with Crippen molar-refractivity contribution < 1.29 is 4.74 Å². The third-order valence-electron chi connectivity index (χ3n) is 4.48. The fourth-order valence-corrected chi connectivity index (χ4v) is 3.07. The first kappa shape index (κ1) is 16.2. The SMILES string of the molecule is COc1ccc(-c2nc(-c3ncc4ccccc4n3)ccc2C)cc1C. The van der Waals surface area contributed by atoms with Gasteiger partial charge < -0.3 is 4.74 Å². The molecule has 4 heteroatoms. The molecule has 0 spiro atoms. The molecule has 0 saturated heterocycles. The Hall–Kier alpha value is -3.27. The number of hydrogen-bond acceptors (Lipinski definition) is 4. The first-order valence-electron chi connectivity index (χ1n) is 8.50. The summed E-state index contributed by atoms with van der Waals surface area (Å²) in [6.45, 7) is 4.10. The van der Waals surface area contributed by atoms with E-state index in [0.717, 1.165) is 44.7 Å². The Morgan fingerprint density at radius 1 is 0.846 bits per heavy atom. The zero-order chi connectivity index (χ0) is 18.1. The molecule has 0 amide bonds. The van der Waals surface area contributed by atoms with Gasteiger partial charge in [0.05, 0.1) is 18.3 Å². The Morgan fingerprint density at radius 2 is 1.69 bits per heavy atom. The molecule has 4 rings (SSSR count). The summed E-state index contributed by atoms with van der Waals surface area (Å²) >= 11 is 0. The number of para-hydroxylation sites is 1. The van der Waals surface area contributed by atoms with Gasteiger partial charge in [0.1, 0.15) is 11.4 Å². The third-order valence-corrected chi connectivity index (χ3v) is 4.48. The number of pyridine rings is 1. The molecule has 0 aliphatic carbocycles. The Balaban J connectivity index is 1.81. The van der Waals surface area contributed by atoms with Gasteiger partial charge in [0, 0.05) is 17.1 Å². The highest BCUT2D eigenvalue weighted by Crippen LogP contribution is 2.28.